The number of benzene rings is 2. The highest BCUT2D eigenvalue weighted by molar-refractivity contribution is 5.90. The smallest absolute Gasteiger partial charge is 0.416 e. The van der Waals surface area contributed by atoms with Gasteiger partial charge in [0.25, 0.3) is 0 Å². The number of oxazole rings is 1. The van der Waals surface area contributed by atoms with Crippen LogP contribution in [0.4, 0.5) is 30.7 Å². The number of hydrogen-bond donors (Lipinski definition) is 0. The first kappa shape index (κ1) is 26.9. The fourth-order valence-corrected chi connectivity index (χ4v) is 5.14. The van der Waals surface area contributed by atoms with Crippen molar-refractivity contribution < 1.29 is 44.7 Å². The summed E-state index contributed by atoms with van der Waals surface area (Å²) in [6.45, 7) is 1.38. The maximum Gasteiger partial charge on any atom is 0.416 e. The van der Waals surface area contributed by atoms with Gasteiger partial charge in [-0.3, -0.25) is 4.79 Å². The number of hydrogen-bond acceptors (Lipinski definition) is 4. The van der Waals surface area contributed by atoms with E-state index in [1.807, 2.05) is 0 Å². The van der Waals surface area contributed by atoms with E-state index in [2.05, 4.69) is 4.98 Å². The van der Waals surface area contributed by atoms with Crippen LogP contribution in [0.3, 0.4) is 0 Å². The predicted molar refractivity (Wildman–Crippen MR) is 123 cm³/mol. The van der Waals surface area contributed by atoms with Gasteiger partial charge in [-0.2, -0.15) is 26.3 Å². The SMILES string of the molecule is C[C@@H](OC1CN2C(=O)CC(c3ncco3)=CC2[C@@H]1c1ccc(F)cc1)c1cc(C(F)(F)F)cc(C(F)(F)F)c1. The number of ether oxygens (including phenoxy) is 1. The molecule has 5 rings (SSSR count). The number of halogens is 7. The third kappa shape index (κ3) is 5.42. The predicted octanol–water partition coefficient (Wildman–Crippen LogP) is 6.78. The van der Waals surface area contributed by atoms with Gasteiger partial charge in [0.1, 0.15) is 12.1 Å². The molecular formula is C27H21F7N2O3. The van der Waals surface area contributed by atoms with E-state index < -0.39 is 53.5 Å². The molecule has 0 aliphatic carbocycles. The molecule has 1 fully saturated rings. The van der Waals surface area contributed by atoms with Crippen LogP contribution in [0.1, 0.15) is 53.5 Å². The molecule has 0 saturated carbocycles. The van der Waals surface area contributed by atoms with Crippen LogP contribution in [0.5, 0.6) is 0 Å². The molecular weight excluding hydrogens is 533 g/mol. The standard InChI is InChI=1S/C27H21F7N2O3/c1-14(16-8-18(26(29,30)31)12-19(9-16)27(32,33)34)39-22-13-36-21(24(22)15-2-4-20(28)5-3-15)10-17(11-23(36)37)25-35-6-7-38-25/h2-10,12,14,21-22,24H,11,13H2,1H3/t14-,21?,22?,24+/m1/s1. The minimum absolute atomic E-state index is 0.0159. The number of alkyl halides is 6. The topological polar surface area (TPSA) is 55.6 Å². The number of nitrogens with zero attached hydrogens (tertiary/aromatic N) is 2. The first-order valence-electron chi connectivity index (χ1n) is 11.9. The van der Waals surface area contributed by atoms with E-state index in [1.54, 1.807) is 6.08 Å². The molecule has 3 heterocycles. The monoisotopic (exact) mass is 554 g/mol. The maximum absolute atomic E-state index is 13.7. The summed E-state index contributed by atoms with van der Waals surface area (Å²) in [4.78, 5) is 18.7. The van der Waals surface area contributed by atoms with Gasteiger partial charge in [0.2, 0.25) is 11.8 Å². The van der Waals surface area contributed by atoms with Crippen molar-refractivity contribution in [2.45, 2.75) is 49.9 Å². The second-order valence-electron chi connectivity index (χ2n) is 9.48. The zero-order chi connectivity index (χ0) is 28.1. The van der Waals surface area contributed by atoms with Crippen LogP contribution < -0.4 is 0 Å². The molecule has 1 saturated heterocycles. The Labute approximate surface area is 217 Å². The summed E-state index contributed by atoms with van der Waals surface area (Å²) < 4.78 is 106. The van der Waals surface area contributed by atoms with E-state index in [9.17, 15) is 35.5 Å². The number of carbonyl (C=O) groups is 1. The second-order valence-corrected chi connectivity index (χ2v) is 9.48. The zero-order valence-corrected chi connectivity index (χ0v) is 20.3. The lowest BCUT2D eigenvalue weighted by molar-refractivity contribution is -0.143. The minimum atomic E-state index is -5.01. The minimum Gasteiger partial charge on any atom is -0.445 e. The Hall–Kier alpha value is -3.67. The number of rotatable bonds is 5. The molecule has 2 aromatic carbocycles. The quantitative estimate of drug-likeness (QED) is 0.327. The van der Waals surface area contributed by atoms with E-state index in [0.717, 1.165) is 0 Å². The van der Waals surface area contributed by atoms with Crippen molar-refractivity contribution in [2.75, 3.05) is 6.54 Å². The van der Waals surface area contributed by atoms with Crippen LogP contribution in [0.25, 0.3) is 5.57 Å². The maximum atomic E-state index is 13.7. The van der Waals surface area contributed by atoms with Crippen LogP contribution in [-0.4, -0.2) is 34.5 Å². The Morgan fingerprint density at radius 2 is 1.67 bits per heavy atom. The lowest BCUT2D eigenvalue weighted by Gasteiger charge is -2.30. The molecule has 0 bridgehead atoms. The van der Waals surface area contributed by atoms with Gasteiger partial charge < -0.3 is 14.1 Å². The van der Waals surface area contributed by atoms with Crippen LogP contribution >= 0.6 is 0 Å². The molecule has 0 N–H and O–H groups in total. The van der Waals surface area contributed by atoms with Crippen molar-refractivity contribution in [3.63, 3.8) is 0 Å². The fourth-order valence-electron chi connectivity index (χ4n) is 5.14. The van der Waals surface area contributed by atoms with Gasteiger partial charge in [-0.05, 0) is 48.4 Å². The molecule has 4 atom stereocenters. The van der Waals surface area contributed by atoms with Gasteiger partial charge >= 0.3 is 12.4 Å². The molecule has 0 radical (unpaired) electrons. The second kappa shape index (κ2) is 9.82. The van der Waals surface area contributed by atoms with Gasteiger partial charge in [0.05, 0.1) is 42.0 Å². The van der Waals surface area contributed by atoms with Gasteiger partial charge in [0.15, 0.2) is 0 Å². The average molecular weight is 554 g/mol. The Morgan fingerprint density at radius 1 is 1.03 bits per heavy atom. The third-order valence-electron chi connectivity index (χ3n) is 6.96. The summed E-state index contributed by atoms with van der Waals surface area (Å²) in [5, 5.41) is 0. The Kier molecular flexibility index (Phi) is 6.78. The zero-order valence-electron chi connectivity index (χ0n) is 20.3. The van der Waals surface area contributed by atoms with Crippen LogP contribution in [0.15, 0.2) is 65.4 Å². The molecule has 1 aromatic heterocycles. The van der Waals surface area contributed by atoms with E-state index in [-0.39, 0.29) is 36.4 Å². The molecule has 39 heavy (non-hydrogen) atoms. The summed E-state index contributed by atoms with van der Waals surface area (Å²) in [7, 11) is 0. The van der Waals surface area contributed by atoms with E-state index in [4.69, 9.17) is 9.15 Å². The molecule has 2 aliphatic rings. The number of amides is 1. The summed E-state index contributed by atoms with van der Waals surface area (Å²) in [6, 6.07) is 6.18. The van der Waals surface area contributed by atoms with E-state index in [1.165, 1.54) is 48.5 Å². The first-order chi connectivity index (χ1) is 18.3. The Morgan fingerprint density at radius 3 is 2.23 bits per heavy atom. The van der Waals surface area contributed by atoms with Gasteiger partial charge in [0, 0.05) is 18.0 Å². The molecule has 3 aromatic rings. The molecule has 12 heteroatoms. The highest BCUT2D eigenvalue weighted by atomic mass is 19.4. The van der Waals surface area contributed by atoms with Crippen molar-refractivity contribution in [1.82, 2.24) is 9.88 Å². The summed E-state index contributed by atoms with van der Waals surface area (Å²) in [5.41, 5.74) is -2.10. The molecule has 206 valence electrons. The largest absolute Gasteiger partial charge is 0.445 e. The average Bonchev–Trinajstić information content (AvgIpc) is 3.52. The van der Waals surface area contributed by atoms with E-state index in [0.29, 0.717) is 23.3 Å². The molecule has 0 spiro atoms. The van der Waals surface area contributed by atoms with Gasteiger partial charge in [-0.1, -0.05) is 18.2 Å². The molecule has 1 amide bonds. The van der Waals surface area contributed by atoms with Crippen LogP contribution in [0, 0.1) is 5.82 Å². The first-order valence-corrected chi connectivity index (χ1v) is 11.9. The van der Waals surface area contributed by atoms with Crippen molar-refractivity contribution in [3.05, 3.63) is 95.0 Å². The highest BCUT2D eigenvalue weighted by Crippen LogP contribution is 2.44. The summed E-state index contributed by atoms with van der Waals surface area (Å²) in [6.07, 6.45) is -7.49. The number of carbonyl (C=O) groups excluding carboxylic acids is 1. The Balaban J connectivity index is 1.52. The summed E-state index contributed by atoms with van der Waals surface area (Å²) in [5.74, 6) is -1.13. The van der Waals surface area contributed by atoms with Crippen molar-refractivity contribution in [1.29, 1.82) is 0 Å². The Bertz CT molecular complexity index is 1350. The molecule has 2 unspecified atom stereocenters. The lowest BCUT2D eigenvalue weighted by atomic mass is 9.87. The molecule has 5 nitrogen and oxygen atoms in total. The third-order valence-corrected chi connectivity index (χ3v) is 6.96. The number of fused-ring (bicyclic) bond motifs is 1. The highest BCUT2D eigenvalue weighted by Gasteiger charge is 2.47. The fraction of sp³-hybridized carbons (Fsp3) is 0.333. The molecule has 2 aliphatic heterocycles. The normalized spacial score (nSPS) is 22.6. The van der Waals surface area contributed by atoms with Crippen LogP contribution in [-0.2, 0) is 21.9 Å². The van der Waals surface area contributed by atoms with Crippen molar-refractivity contribution >= 4 is 11.5 Å². The number of aromatic nitrogens is 1. The van der Waals surface area contributed by atoms with Crippen LogP contribution in [0.2, 0.25) is 0 Å². The van der Waals surface area contributed by atoms with Gasteiger partial charge in [-0.25, -0.2) is 9.37 Å². The lowest BCUT2D eigenvalue weighted by Crippen LogP contribution is -2.39. The van der Waals surface area contributed by atoms with Gasteiger partial charge in [-0.15, -0.1) is 0 Å². The van der Waals surface area contributed by atoms with E-state index >= 15 is 0 Å². The summed E-state index contributed by atoms with van der Waals surface area (Å²) >= 11 is 0. The van der Waals surface area contributed by atoms with Crippen molar-refractivity contribution in [3.8, 4) is 0 Å². The van der Waals surface area contributed by atoms with Crippen molar-refractivity contribution in [2.24, 2.45) is 0 Å².